The molecule has 0 saturated carbocycles. The van der Waals surface area contributed by atoms with Gasteiger partial charge in [-0.2, -0.15) is 5.10 Å². The van der Waals surface area contributed by atoms with E-state index in [-0.39, 0.29) is 12.3 Å². The highest BCUT2D eigenvalue weighted by atomic mass is 16.5. The van der Waals surface area contributed by atoms with Gasteiger partial charge in [-0.1, -0.05) is 17.7 Å². The molecule has 7 nitrogen and oxygen atoms in total. The molecule has 0 saturated heterocycles. The molecule has 1 N–H and O–H groups in total. The normalized spacial score (nSPS) is 12.0. The monoisotopic (exact) mass is 394 g/mol. The molecule has 3 aromatic rings. The fourth-order valence-corrected chi connectivity index (χ4v) is 3.22. The number of carbonyl (C=O) groups is 2. The lowest BCUT2D eigenvalue weighted by Crippen LogP contribution is -2.30. The largest absolute Gasteiger partial charge is 0.453 e. The maximum absolute atomic E-state index is 12.3. The topological polar surface area (TPSA) is 85.6 Å². The number of fused-ring (bicyclic) bond motifs is 1. The Hall–Kier alpha value is -3.22. The lowest BCUT2D eigenvalue weighted by atomic mass is 10.1. The molecule has 152 valence electrons. The molecule has 3 rings (SSSR count). The van der Waals surface area contributed by atoms with Crippen LogP contribution in [0.4, 0.5) is 5.69 Å². The van der Waals surface area contributed by atoms with Crippen molar-refractivity contribution in [3.63, 3.8) is 0 Å². The Morgan fingerprint density at radius 1 is 1.14 bits per heavy atom. The van der Waals surface area contributed by atoms with E-state index in [0.717, 1.165) is 33.9 Å². The molecule has 29 heavy (non-hydrogen) atoms. The Balaban J connectivity index is 1.58. The first kappa shape index (κ1) is 20.5. The second kappa shape index (κ2) is 8.43. The molecule has 0 aliphatic heterocycles. The Bertz CT molecular complexity index is 1050. The second-order valence-corrected chi connectivity index (χ2v) is 7.30. The molecular weight excluding hydrogens is 368 g/mol. The van der Waals surface area contributed by atoms with Crippen LogP contribution < -0.4 is 5.32 Å². The van der Waals surface area contributed by atoms with Gasteiger partial charge in [-0.25, -0.2) is 9.50 Å². The van der Waals surface area contributed by atoms with Crippen molar-refractivity contribution in [3.05, 3.63) is 58.5 Å². The third-order valence-corrected chi connectivity index (χ3v) is 4.86. The first-order valence-electron chi connectivity index (χ1n) is 9.64. The minimum Gasteiger partial charge on any atom is -0.453 e. The summed E-state index contributed by atoms with van der Waals surface area (Å²) in [4.78, 5) is 29.1. The van der Waals surface area contributed by atoms with Crippen molar-refractivity contribution in [1.29, 1.82) is 0 Å². The van der Waals surface area contributed by atoms with E-state index < -0.39 is 12.1 Å². The molecule has 7 heteroatoms. The average molecular weight is 394 g/mol. The van der Waals surface area contributed by atoms with Crippen molar-refractivity contribution in [2.45, 2.75) is 53.6 Å². The van der Waals surface area contributed by atoms with E-state index in [9.17, 15) is 9.59 Å². The molecule has 0 spiro atoms. The average Bonchev–Trinajstić information content (AvgIpc) is 3.03. The zero-order chi connectivity index (χ0) is 21.1. The molecule has 0 unspecified atom stereocenters. The van der Waals surface area contributed by atoms with E-state index in [1.807, 2.05) is 58.0 Å². The summed E-state index contributed by atoms with van der Waals surface area (Å²) in [5, 5.41) is 7.19. The van der Waals surface area contributed by atoms with Crippen molar-refractivity contribution in [2.75, 3.05) is 5.32 Å². The van der Waals surface area contributed by atoms with Crippen molar-refractivity contribution >= 4 is 23.2 Å². The highest BCUT2D eigenvalue weighted by Crippen LogP contribution is 2.17. The maximum atomic E-state index is 12.3. The van der Waals surface area contributed by atoms with Crippen LogP contribution in [0.2, 0.25) is 0 Å². The van der Waals surface area contributed by atoms with Gasteiger partial charge < -0.3 is 10.1 Å². The lowest BCUT2D eigenvalue weighted by Gasteiger charge is -2.14. The summed E-state index contributed by atoms with van der Waals surface area (Å²) >= 11 is 0. The van der Waals surface area contributed by atoms with Gasteiger partial charge in [-0.15, -0.1) is 0 Å². The molecular formula is C22H26N4O3. The van der Waals surface area contributed by atoms with E-state index in [1.54, 1.807) is 11.4 Å². The summed E-state index contributed by atoms with van der Waals surface area (Å²) in [5.41, 5.74) is 6.26. The number of anilines is 1. The van der Waals surface area contributed by atoms with Crippen LogP contribution >= 0.6 is 0 Å². The van der Waals surface area contributed by atoms with Crippen LogP contribution in [-0.2, 0) is 20.7 Å². The number of aromatic nitrogens is 3. The number of nitrogens with one attached hydrogen (secondary N) is 1. The predicted molar refractivity (Wildman–Crippen MR) is 111 cm³/mol. The summed E-state index contributed by atoms with van der Waals surface area (Å²) in [5.74, 6) is -0.781. The zero-order valence-electron chi connectivity index (χ0n) is 17.4. The van der Waals surface area contributed by atoms with Crippen LogP contribution in [0.3, 0.4) is 0 Å². The van der Waals surface area contributed by atoms with Gasteiger partial charge in [0.05, 0.1) is 5.69 Å². The first-order valence-corrected chi connectivity index (χ1v) is 9.64. The van der Waals surface area contributed by atoms with E-state index in [2.05, 4.69) is 15.4 Å². The number of ether oxygens (including phenoxy) is 1. The van der Waals surface area contributed by atoms with Crippen LogP contribution in [0, 0.1) is 27.7 Å². The van der Waals surface area contributed by atoms with Crippen LogP contribution in [0.1, 0.15) is 41.6 Å². The highest BCUT2D eigenvalue weighted by Gasteiger charge is 2.19. The quantitative estimate of drug-likeness (QED) is 0.647. The number of aryl methyl sites for hydroxylation is 4. The number of amides is 1. The molecule has 0 bridgehead atoms. The molecule has 0 aliphatic rings. The van der Waals surface area contributed by atoms with Gasteiger partial charge in [0.1, 0.15) is 0 Å². The molecule has 0 fully saturated rings. The van der Waals surface area contributed by atoms with Crippen LogP contribution in [-0.4, -0.2) is 32.6 Å². The number of carbonyl (C=O) groups excluding carboxylic acids is 2. The number of rotatable bonds is 6. The maximum Gasteiger partial charge on any atom is 0.306 e. The highest BCUT2D eigenvalue weighted by molar-refractivity contribution is 5.95. The summed E-state index contributed by atoms with van der Waals surface area (Å²) in [6.45, 7) is 9.35. The van der Waals surface area contributed by atoms with Gasteiger partial charge in [-0.3, -0.25) is 9.59 Å². The number of hydrogen-bond donors (Lipinski definition) is 1. The summed E-state index contributed by atoms with van der Waals surface area (Å²) in [6, 6.07) is 9.36. The minimum absolute atomic E-state index is 0.164. The van der Waals surface area contributed by atoms with Gasteiger partial charge in [0, 0.05) is 29.6 Å². The Labute approximate surface area is 170 Å². The third kappa shape index (κ3) is 4.80. The zero-order valence-corrected chi connectivity index (χ0v) is 17.4. The van der Waals surface area contributed by atoms with E-state index in [0.29, 0.717) is 12.1 Å². The first-order chi connectivity index (χ1) is 13.7. The fourth-order valence-electron chi connectivity index (χ4n) is 3.22. The Morgan fingerprint density at radius 2 is 1.83 bits per heavy atom. The van der Waals surface area contributed by atoms with Crippen molar-refractivity contribution in [3.8, 4) is 0 Å². The standard InChI is InChI=1S/C22H26N4O3/c1-13-6-8-18(9-7-13)24-22(28)17(5)29-21(27)11-10-19-15(3)23-20-12-14(2)25-26(20)16(19)4/h6-9,12,17H,10-11H2,1-5H3,(H,24,28)/t17-/m0/s1. The SMILES string of the molecule is Cc1ccc(NC(=O)[C@H](C)OC(=O)CCc2c(C)nc3cc(C)nn3c2C)cc1. The van der Waals surface area contributed by atoms with Crippen molar-refractivity contribution in [1.82, 2.24) is 14.6 Å². The predicted octanol–water partition coefficient (Wildman–Crippen LogP) is 3.47. The molecule has 1 aromatic carbocycles. The van der Waals surface area contributed by atoms with E-state index >= 15 is 0 Å². The summed E-state index contributed by atoms with van der Waals surface area (Å²) in [7, 11) is 0. The van der Waals surface area contributed by atoms with Gasteiger partial charge in [0.2, 0.25) is 0 Å². The Morgan fingerprint density at radius 3 is 2.52 bits per heavy atom. The molecule has 2 heterocycles. The second-order valence-electron chi connectivity index (χ2n) is 7.30. The fraction of sp³-hybridized carbons (Fsp3) is 0.364. The van der Waals surface area contributed by atoms with Gasteiger partial charge >= 0.3 is 5.97 Å². The smallest absolute Gasteiger partial charge is 0.306 e. The minimum atomic E-state index is -0.875. The van der Waals surface area contributed by atoms with Crippen LogP contribution in [0.5, 0.6) is 0 Å². The van der Waals surface area contributed by atoms with Gasteiger partial charge in [0.25, 0.3) is 5.91 Å². The van der Waals surface area contributed by atoms with E-state index in [4.69, 9.17) is 4.74 Å². The van der Waals surface area contributed by atoms with E-state index in [1.165, 1.54) is 0 Å². The molecule has 1 amide bonds. The molecule has 0 radical (unpaired) electrons. The lowest BCUT2D eigenvalue weighted by molar-refractivity contribution is -0.153. The Kier molecular flexibility index (Phi) is 5.96. The van der Waals surface area contributed by atoms with Crippen LogP contribution in [0.15, 0.2) is 30.3 Å². The number of benzene rings is 1. The number of esters is 1. The van der Waals surface area contributed by atoms with Crippen molar-refractivity contribution < 1.29 is 14.3 Å². The molecule has 2 aromatic heterocycles. The number of hydrogen-bond acceptors (Lipinski definition) is 5. The number of nitrogens with zero attached hydrogens (tertiary/aromatic N) is 3. The molecule has 1 atom stereocenters. The van der Waals surface area contributed by atoms with Crippen molar-refractivity contribution in [2.24, 2.45) is 0 Å². The molecule has 0 aliphatic carbocycles. The van der Waals surface area contributed by atoms with Crippen LogP contribution in [0.25, 0.3) is 5.65 Å². The van der Waals surface area contributed by atoms with Gasteiger partial charge in [-0.05, 0) is 58.7 Å². The summed E-state index contributed by atoms with van der Waals surface area (Å²) in [6.07, 6.45) is -0.234. The third-order valence-electron chi connectivity index (χ3n) is 4.86. The summed E-state index contributed by atoms with van der Waals surface area (Å²) < 4.78 is 7.10. The van der Waals surface area contributed by atoms with Gasteiger partial charge in [0.15, 0.2) is 11.8 Å².